The lowest BCUT2D eigenvalue weighted by Crippen LogP contribution is -2.35. The number of benzene rings is 1. The van der Waals surface area contributed by atoms with E-state index >= 15 is 0 Å². The van der Waals surface area contributed by atoms with Crippen molar-refractivity contribution in [2.75, 3.05) is 11.9 Å². The van der Waals surface area contributed by atoms with Gasteiger partial charge in [-0.2, -0.15) is 0 Å². The van der Waals surface area contributed by atoms with Gasteiger partial charge in [0.25, 0.3) is 0 Å². The van der Waals surface area contributed by atoms with Gasteiger partial charge in [0, 0.05) is 5.69 Å². The fourth-order valence-corrected chi connectivity index (χ4v) is 1.76. The SMILES string of the molecule is CCCCOC(=O)c1ccc(NC(=O)C(N)CCC)cc1. The van der Waals surface area contributed by atoms with Crippen molar-refractivity contribution < 1.29 is 14.3 Å². The summed E-state index contributed by atoms with van der Waals surface area (Å²) in [5.41, 5.74) is 6.83. The van der Waals surface area contributed by atoms with Crippen LogP contribution in [0.4, 0.5) is 5.69 Å². The Labute approximate surface area is 125 Å². The number of hydrogen-bond donors (Lipinski definition) is 2. The molecule has 0 fully saturated rings. The molecule has 0 spiro atoms. The Balaban J connectivity index is 2.53. The second-order valence-corrected chi connectivity index (χ2v) is 4.95. The van der Waals surface area contributed by atoms with E-state index in [1.165, 1.54) is 0 Å². The zero-order valence-electron chi connectivity index (χ0n) is 12.7. The molecular formula is C16H24N2O3. The average Bonchev–Trinajstić information content (AvgIpc) is 2.48. The van der Waals surface area contributed by atoms with E-state index in [0.717, 1.165) is 19.3 Å². The van der Waals surface area contributed by atoms with Crippen molar-refractivity contribution in [1.82, 2.24) is 0 Å². The number of carbonyl (C=O) groups excluding carboxylic acids is 2. The van der Waals surface area contributed by atoms with E-state index in [1.54, 1.807) is 24.3 Å². The lowest BCUT2D eigenvalue weighted by atomic mass is 10.1. The van der Waals surface area contributed by atoms with Crippen molar-refractivity contribution in [2.45, 2.75) is 45.6 Å². The van der Waals surface area contributed by atoms with Gasteiger partial charge < -0.3 is 15.8 Å². The standard InChI is InChI=1S/C16H24N2O3/c1-3-5-11-21-16(20)12-7-9-13(10-8-12)18-15(19)14(17)6-4-2/h7-10,14H,3-6,11,17H2,1-2H3,(H,18,19). The summed E-state index contributed by atoms with van der Waals surface area (Å²) < 4.78 is 5.11. The van der Waals surface area contributed by atoms with Gasteiger partial charge in [-0.1, -0.05) is 26.7 Å². The van der Waals surface area contributed by atoms with Crippen LogP contribution in [-0.2, 0) is 9.53 Å². The van der Waals surface area contributed by atoms with Gasteiger partial charge in [-0.3, -0.25) is 4.79 Å². The maximum atomic E-state index is 11.8. The van der Waals surface area contributed by atoms with Crippen molar-refractivity contribution in [3.05, 3.63) is 29.8 Å². The van der Waals surface area contributed by atoms with E-state index in [1.807, 2.05) is 13.8 Å². The molecule has 0 aliphatic rings. The minimum atomic E-state index is -0.506. The Morgan fingerprint density at radius 2 is 1.86 bits per heavy atom. The number of carbonyl (C=O) groups is 2. The smallest absolute Gasteiger partial charge is 0.338 e. The van der Waals surface area contributed by atoms with Gasteiger partial charge in [0.1, 0.15) is 0 Å². The first-order valence-corrected chi connectivity index (χ1v) is 7.42. The molecule has 1 rings (SSSR count). The maximum Gasteiger partial charge on any atom is 0.338 e. The zero-order valence-corrected chi connectivity index (χ0v) is 12.7. The first kappa shape index (κ1) is 17.2. The molecule has 1 atom stereocenters. The number of esters is 1. The Morgan fingerprint density at radius 3 is 2.43 bits per heavy atom. The molecule has 116 valence electrons. The van der Waals surface area contributed by atoms with Crippen LogP contribution in [0.15, 0.2) is 24.3 Å². The molecule has 1 unspecified atom stereocenters. The van der Waals surface area contributed by atoms with Crippen LogP contribution in [-0.4, -0.2) is 24.5 Å². The molecule has 5 nitrogen and oxygen atoms in total. The summed E-state index contributed by atoms with van der Waals surface area (Å²) >= 11 is 0. The van der Waals surface area contributed by atoms with Crippen molar-refractivity contribution in [3.63, 3.8) is 0 Å². The van der Waals surface area contributed by atoms with E-state index in [4.69, 9.17) is 10.5 Å². The molecule has 0 bridgehead atoms. The Bertz CT molecular complexity index is 457. The summed E-state index contributed by atoms with van der Waals surface area (Å²) in [6.45, 7) is 4.44. The highest BCUT2D eigenvalue weighted by Gasteiger charge is 2.13. The zero-order chi connectivity index (χ0) is 15.7. The van der Waals surface area contributed by atoms with Crippen LogP contribution in [0.25, 0.3) is 0 Å². The van der Waals surface area contributed by atoms with Gasteiger partial charge in [-0.25, -0.2) is 4.79 Å². The minimum Gasteiger partial charge on any atom is -0.462 e. The topological polar surface area (TPSA) is 81.4 Å². The highest BCUT2D eigenvalue weighted by Crippen LogP contribution is 2.11. The van der Waals surface area contributed by atoms with Crippen LogP contribution in [0.1, 0.15) is 49.9 Å². The van der Waals surface area contributed by atoms with E-state index in [2.05, 4.69) is 5.32 Å². The number of nitrogens with two attached hydrogens (primary N) is 1. The van der Waals surface area contributed by atoms with Gasteiger partial charge >= 0.3 is 5.97 Å². The summed E-state index contributed by atoms with van der Waals surface area (Å²) in [5, 5.41) is 2.73. The molecule has 0 aliphatic heterocycles. The molecular weight excluding hydrogens is 268 g/mol. The summed E-state index contributed by atoms with van der Waals surface area (Å²) in [6, 6.07) is 6.11. The van der Waals surface area contributed by atoms with E-state index in [-0.39, 0.29) is 11.9 Å². The molecule has 0 aliphatic carbocycles. The predicted molar refractivity (Wildman–Crippen MR) is 83.1 cm³/mol. The maximum absolute atomic E-state index is 11.8. The number of unbranched alkanes of at least 4 members (excludes halogenated alkanes) is 1. The van der Waals surface area contributed by atoms with Crippen LogP contribution in [0, 0.1) is 0 Å². The van der Waals surface area contributed by atoms with Gasteiger partial charge in [-0.15, -0.1) is 0 Å². The molecule has 1 amide bonds. The lowest BCUT2D eigenvalue weighted by molar-refractivity contribution is -0.117. The van der Waals surface area contributed by atoms with Crippen LogP contribution in [0.2, 0.25) is 0 Å². The van der Waals surface area contributed by atoms with Gasteiger partial charge in [0.05, 0.1) is 18.2 Å². The molecule has 0 radical (unpaired) electrons. The summed E-state index contributed by atoms with van der Waals surface area (Å²) in [4.78, 5) is 23.5. The number of anilines is 1. The third kappa shape index (κ3) is 5.95. The molecule has 1 aromatic rings. The monoisotopic (exact) mass is 292 g/mol. The highest BCUT2D eigenvalue weighted by molar-refractivity contribution is 5.95. The molecule has 0 saturated carbocycles. The summed E-state index contributed by atoms with van der Waals surface area (Å²) in [5.74, 6) is -0.556. The molecule has 0 aromatic heterocycles. The van der Waals surface area contributed by atoms with Crippen LogP contribution in [0.5, 0.6) is 0 Å². The quantitative estimate of drug-likeness (QED) is 0.570. The van der Waals surface area contributed by atoms with Gasteiger partial charge in [-0.05, 0) is 37.1 Å². The first-order chi connectivity index (χ1) is 10.1. The first-order valence-electron chi connectivity index (χ1n) is 7.42. The van der Waals surface area contributed by atoms with E-state index in [0.29, 0.717) is 24.3 Å². The molecule has 1 aromatic carbocycles. The van der Waals surface area contributed by atoms with Gasteiger partial charge in [0.15, 0.2) is 0 Å². The number of rotatable bonds is 8. The fraction of sp³-hybridized carbons (Fsp3) is 0.500. The normalized spacial score (nSPS) is 11.8. The Kier molecular flexibility index (Phi) is 7.46. The lowest BCUT2D eigenvalue weighted by Gasteiger charge is -2.11. The average molecular weight is 292 g/mol. The highest BCUT2D eigenvalue weighted by atomic mass is 16.5. The van der Waals surface area contributed by atoms with Crippen LogP contribution >= 0.6 is 0 Å². The van der Waals surface area contributed by atoms with Crippen molar-refractivity contribution in [3.8, 4) is 0 Å². The van der Waals surface area contributed by atoms with Crippen LogP contribution < -0.4 is 11.1 Å². The number of hydrogen-bond acceptors (Lipinski definition) is 4. The second kappa shape index (κ2) is 9.13. The van der Waals surface area contributed by atoms with Crippen molar-refractivity contribution in [1.29, 1.82) is 0 Å². The molecule has 5 heteroatoms. The molecule has 0 heterocycles. The molecule has 21 heavy (non-hydrogen) atoms. The fourth-order valence-electron chi connectivity index (χ4n) is 1.76. The van der Waals surface area contributed by atoms with Crippen molar-refractivity contribution in [2.24, 2.45) is 5.73 Å². The number of ether oxygens (including phenoxy) is 1. The second-order valence-electron chi connectivity index (χ2n) is 4.95. The number of nitrogens with one attached hydrogen (secondary N) is 1. The third-order valence-corrected chi connectivity index (χ3v) is 3.06. The minimum absolute atomic E-state index is 0.213. The number of amides is 1. The van der Waals surface area contributed by atoms with Crippen molar-refractivity contribution >= 4 is 17.6 Å². The predicted octanol–water partition coefficient (Wildman–Crippen LogP) is 2.71. The molecule has 0 saturated heterocycles. The largest absolute Gasteiger partial charge is 0.462 e. The Hall–Kier alpha value is -1.88. The van der Waals surface area contributed by atoms with Gasteiger partial charge in [0.2, 0.25) is 5.91 Å². The molecule has 3 N–H and O–H groups in total. The van der Waals surface area contributed by atoms with E-state index < -0.39 is 6.04 Å². The van der Waals surface area contributed by atoms with E-state index in [9.17, 15) is 9.59 Å². The summed E-state index contributed by atoms with van der Waals surface area (Å²) in [6.07, 6.45) is 3.34. The summed E-state index contributed by atoms with van der Waals surface area (Å²) in [7, 11) is 0. The third-order valence-electron chi connectivity index (χ3n) is 3.06. The van der Waals surface area contributed by atoms with Crippen LogP contribution in [0.3, 0.4) is 0 Å². The Morgan fingerprint density at radius 1 is 1.19 bits per heavy atom.